The highest BCUT2D eigenvalue weighted by Crippen LogP contribution is 2.16. The zero-order valence-electron chi connectivity index (χ0n) is 10.7. The summed E-state index contributed by atoms with van der Waals surface area (Å²) in [5.41, 5.74) is 2.34. The van der Waals surface area contributed by atoms with E-state index in [0.29, 0.717) is 5.56 Å². The number of nitrogens with one attached hydrogen (secondary N) is 2. The van der Waals surface area contributed by atoms with Crippen molar-refractivity contribution in [2.45, 2.75) is 6.10 Å². The molecule has 4 nitrogen and oxygen atoms in total. The quantitative estimate of drug-likeness (QED) is 0.690. The summed E-state index contributed by atoms with van der Waals surface area (Å²) in [5.74, 6) is -0.184. The van der Waals surface area contributed by atoms with Crippen molar-refractivity contribution < 1.29 is 9.90 Å². The number of hydrogen-bond donors (Lipinski definition) is 3. The predicted molar refractivity (Wildman–Crippen MR) is 79.9 cm³/mol. The molecular formula is C15H14N2O2S. The number of fused-ring (bicyclic) bond motifs is 1. The van der Waals surface area contributed by atoms with Gasteiger partial charge in [0.2, 0.25) is 0 Å². The van der Waals surface area contributed by atoms with Crippen LogP contribution in [0.4, 0.5) is 0 Å². The molecule has 0 spiro atoms. The van der Waals surface area contributed by atoms with Gasteiger partial charge in [-0.3, -0.25) is 4.79 Å². The lowest BCUT2D eigenvalue weighted by atomic mass is 10.1. The second-order valence-electron chi connectivity index (χ2n) is 4.56. The Kier molecular flexibility index (Phi) is 3.54. The average molecular weight is 286 g/mol. The normalized spacial score (nSPS) is 12.4. The van der Waals surface area contributed by atoms with Gasteiger partial charge in [0.05, 0.1) is 6.10 Å². The fourth-order valence-electron chi connectivity index (χ4n) is 2.06. The number of H-pyrrole nitrogens is 1. The number of aromatic amines is 1. The number of aliphatic hydroxyl groups excluding tert-OH is 1. The number of aliphatic hydroxyl groups is 1. The number of carbonyl (C=O) groups is 1. The van der Waals surface area contributed by atoms with Crippen LogP contribution in [0, 0.1) is 0 Å². The Labute approximate surface area is 120 Å². The monoisotopic (exact) mass is 286 g/mol. The molecule has 20 heavy (non-hydrogen) atoms. The van der Waals surface area contributed by atoms with Crippen molar-refractivity contribution in [3.05, 3.63) is 58.4 Å². The van der Waals surface area contributed by atoms with E-state index in [0.717, 1.165) is 16.5 Å². The molecule has 0 unspecified atom stereocenters. The van der Waals surface area contributed by atoms with Crippen LogP contribution in [0.2, 0.25) is 0 Å². The second kappa shape index (κ2) is 5.48. The zero-order valence-corrected chi connectivity index (χ0v) is 11.5. The van der Waals surface area contributed by atoms with Crippen LogP contribution < -0.4 is 5.32 Å². The summed E-state index contributed by atoms with van der Waals surface area (Å²) in [6.07, 6.45) is 1.17. The topological polar surface area (TPSA) is 65.1 Å². The third-order valence-corrected chi connectivity index (χ3v) is 3.90. The van der Waals surface area contributed by atoms with Gasteiger partial charge in [0, 0.05) is 23.8 Å². The molecule has 3 aromatic rings. The van der Waals surface area contributed by atoms with Crippen molar-refractivity contribution in [1.82, 2.24) is 10.3 Å². The maximum Gasteiger partial charge on any atom is 0.251 e. The largest absolute Gasteiger partial charge is 0.387 e. The molecule has 0 radical (unpaired) electrons. The van der Waals surface area contributed by atoms with Crippen LogP contribution in [0.3, 0.4) is 0 Å². The fourth-order valence-corrected chi connectivity index (χ4v) is 2.77. The summed E-state index contributed by atoms with van der Waals surface area (Å²) in [6, 6.07) is 9.30. The van der Waals surface area contributed by atoms with E-state index < -0.39 is 6.10 Å². The molecule has 1 atom stereocenters. The molecule has 2 heterocycles. The standard InChI is InChI=1S/C15H14N2O2S/c18-14(12-4-6-20-9-12)8-17-15(19)11-2-1-10-3-5-16-13(10)7-11/h1-7,9,14,16,18H,8H2,(H,17,19)/t14-/m0/s1. The van der Waals surface area contributed by atoms with E-state index in [-0.39, 0.29) is 12.5 Å². The molecule has 0 aliphatic heterocycles. The van der Waals surface area contributed by atoms with Crippen molar-refractivity contribution >= 4 is 28.1 Å². The number of aromatic nitrogens is 1. The lowest BCUT2D eigenvalue weighted by Crippen LogP contribution is -2.28. The molecule has 0 saturated heterocycles. The molecule has 3 rings (SSSR count). The Morgan fingerprint density at radius 2 is 2.25 bits per heavy atom. The average Bonchev–Trinajstić information content (AvgIpc) is 3.13. The minimum absolute atomic E-state index is 0.184. The highest BCUT2D eigenvalue weighted by molar-refractivity contribution is 7.07. The van der Waals surface area contributed by atoms with Crippen LogP contribution in [-0.4, -0.2) is 22.5 Å². The Balaban J connectivity index is 1.66. The first-order chi connectivity index (χ1) is 9.74. The number of rotatable bonds is 4. The van der Waals surface area contributed by atoms with Gasteiger partial charge in [-0.25, -0.2) is 0 Å². The van der Waals surface area contributed by atoms with Crippen LogP contribution in [0.1, 0.15) is 22.0 Å². The van der Waals surface area contributed by atoms with Gasteiger partial charge in [-0.05, 0) is 46.0 Å². The van der Waals surface area contributed by atoms with Crippen molar-refractivity contribution in [3.63, 3.8) is 0 Å². The summed E-state index contributed by atoms with van der Waals surface area (Å²) in [4.78, 5) is 15.1. The molecule has 0 aliphatic rings. The molecule has 0 fully saturated rings. The first-order valence-electron chi connectivity index (χ1n) is 6.29. The number of hydrogen-bond acceptors (Lipinski definition) is 3. The van der Waals surface area contributed by atoms with E-state index in [1.807, 2.05) is 41.2 Å². The molecule has 0 aliphatic carbocycles. The maximum atomic E-state index is 12.1. The van der Waals surface area contributed by atoms with E-state index in [1.54, 1.807) is 6.07 Å². The van der Waals surface area contributed by atoms with E-state index >= 15 is 0 Å². The van der Waals surface area contributed by atoms with Gasteiger partial charge >= 0.3 is 0 Å². The van der Waals surface area contributed by atoms with Crippen molar-refractivity contribution in [2.24, 2.45) is 0 Å². The van der Waals surface area contributed by atoms with Gasteiger partial charge in [-0.15, -0.1) is 0 Å². The summed E-state index contributed by atoms with van der Waals surface area (Å²) in [6.45, 7) is 0.207. The van der Waals surface area contributed by atoms with Gasteiger partial charge in [0.15, 0.2) is 0 Å². The van der Waals surface area contributed by atoms with Gasteiger partial charge in [-0.1, -0.05) is 6.07 Å². The third kappa shape index (κ3) is 2.59. The number of benzene rings is 1. The van der Waals surface area contributed by atoms with Gasteiger partial charge < -0.3 is 15.4 Å². The number of thiophene rings is 1. The van der Waals surface area contributed by atoms with Gasteiger partial charge in [0.1, 0.15) is 0 Å². The Hall–Kier alpha value is -2.11. The molecule has 1 amide bonds. The SMILES string of the molecule is O=C(NC[C@H](O)c1ccsc1)c1ccc2cc[nH]c2c1. The Bertz CT molecular complexity index is 718. The Morgan fingerprint density at radius 1 is 1.35 bits per heavy atom. The van der Waals surface area contributed by atoms with Crippen molar-refractivity contribution in [1.29, 1.82) is 0 Å². The summed E-state index contributed by atoms with van der Waals surface area (Å²) in [7, 11) is 0. The van der Waals surface area contributed by atoms with E-state index in [1.165, 1.54) is 11.3 Å². The fraction of sp³-hybridized carbons (Fsp3) is 0.133. The van der Waals surface area contributed by atoms with Crippen LogP contribution >= 0.6 is 11.3 Å². The van der Waals surface area contributed by atoms with Crippen LogP contribution in [-0.2, 0) is 0 Å². The first-order valence-corrected chi connectivity index (χ1v) is 7.24. The summed E-state index contributed by atoms with van der Waals surface area (Å²) >= 11 is 1.52. The molecule has 1 aromatic carbocycles. The minimum atomic E-state index is -0.667. The summed E-state index contributed by atoms with van der Waals surface area (Å²) in [5, 5.41) is 17.5. The third-order valence-electron chi connectivity index (χ3n) is 3.20. The van der Waals surface area contributed by atoms with Crippen molar-refractivity contribution in [3.8, 4) is 0 Å². The number of amides is 1. The predicted octanol–water partition coefficient (Wildman–Crippen LogP) is 2.69. The minimum Gasteiger partial charge on any atom is -0.387 e. The van der Waals surface area contributed by atoms with Gasteiger partial charge in [-0.2, -0.15) is 11.3 Å². The maximum absolute atomic E-state index is 12.1. The molecule has 3 N–H and O–H groups in total. The molecule has 0 saturated carbocycles. The molecule has 0 bridgehead atoms. The second-order valence-corrected chi connectivity index (χ2v) is 5.34. The molecule has 102 valence electrons. The molecule has 5 heteroatoms. The van der Waals surface area contributed by atoms with Crippen molar-refractivity contribution in [2.75, 3.05) is 6.54 Å². The smallest absolute Gasteiger partial charge is 0.251 e. The highest BCUT2D eigenvalue weighted by Gasteiger charge is 2.11. The van der Waals surface area contributed by atoms with Crippen LogP contribution in [0.25, 0.3) is 10.9 Å². The van der Waals surface area contributed by atoms with Gasteiger partial charge in [0.25, 0.3) is 5.91 Å². The molecular weight excluding hydrogens is 272 g/mol. The van der Waals surface area contributed by atoms with E-state index in [2.05, 4.69) is 10.3 Å². The van der Waals surface area contributed by atoms with E-state index in [9.17, 15) is 9.90 Å². The lowest BCUT2D eigenvalue weighted by molar-refractivity contribution is 0.0916. The van der Waals surface area contributed by atoms with Crippen LogP contribution in [0.15, 0.2) is 47.3 Å². The highest BCUT2D eigenvalue weighted by atomic mass is 32.1. The zero-order chi connectivity index (χ0) is 13.9. The number of carbonyl (C=O) groups excluding carboxylic acids is 1. The van der Waals surface area contributed by atoms with E-state index in [4.69, 9.17) is 0 Å². The Morgan fingerprint density at radius 3 is 3.05 bits per heavy atom. The lowest BCUT2D eigenvalue weighted by Gasteiger charge is -2.10. The summed E-state index contributed by atoms with van der Waals surface area (Å²) < 4.78 is 0. The molecule has 2 aromatic heterocycles. The van der Waals surface area contributed by atoms with Crippen LogP contribution in [0.5, 0.6) is 0 Å². The first kappa shape index (κ1) is 12.9.